The zero-order chi connectivity index (χ0) is 34.2. The lowest BCUT2D eigenvalue weighted by Gasteiger charge is -2.56. The van der Waals surface area contributed by atoms with E-state index < -0.39 is 15.9 Å². The van der Waals surface area contributed by atoms with Gasteiger partial charge < -0.3 is 19.1 Å². The van der Waals surface area contributed by atoms with Crippen LogP contribution in [0.1, 0.15) is 61.4 Å². The van der Waals surface area contributed by atoms with Crippen LogP contribution in [-0.4, -0.2) is 77.0 Å². The number of piperazine rings is 1. The average Bonchev–Trinajstić information content (AvgIpc) is 3.07. The van der Waals surface area contributed by atoms with E-state index in [-0.39, 0.29) is 11.2 Å². The van der Waals surface area contributed by atoms with E-state index in [1.807, 2.05) is 37.3 Å². The molecule has 49 heavy (non-hydrogen) atoms. The molecule has 1 saturated heterocycles. The predicted octanol–water partition coefficient (Wildman–Crippen LogP) is 5.76. The second-order valence-corrected chi connectivity index (χ2v) is 16.3. The number of carbonyl (C=O) groups is 1. The van der Waals surface area contributed by atoms with E-state index in [0.29, 0.717) is 42.2 Å². The van der Waals surface area contributed by atoms with Crippen LogP contribution in [0.5, 0.6) is 17.2 Å². The maximum atomic E-state index is 13.2. The fraction of sp³-hybridized carbons (Fsp3) is 0.526. The van der Waals surface area contributed by atoms with Crippen LogP contribution in [0.4, 0.5) is 5.69 Å². The van der Waals surface area contributed by atoms with Gasteiger partial charge in [0.15, 0.2) is 0 Å². The minimum atomic E-state index is -3.73. The molecule has 1 amide bonds. The number of aromatic nitrogens is 1. The molecule has 1 aromatic heterocycles. The van der Waals surface area contributed by atoms with E-state index >= 15 is 0 Å². The van der Waals surface area contributed by atoms with Crippen LogP contribution in [-0.2, 0) is 16.6 Å². The second-order valence-electron chi connectivity index (χ2n) is 14.6. The molecule has 11 heteroatoms. The SMILES string of the molecule is CCOc1cncc(-c2cc(OC)c(CN3CCN(c4ccc(C(=O)NS(=O)(=O)CC56CC7CC(CC(C7)C5)C6)cc4)CC3)c(OC)c2)c1. The Morgan fingerprint density at radius 3 is 2.06 bits per heavy atom. The first-order chi connectivity index (χ1) is 23.6. The Balaban J connectivity index is 0.949. The van der Waals surface area contributed by atoms with E-state index in [1.165, 1.54) is 19.3 Å². The number of ether oxygens (including phenoxy) is 3. The first-order valence-electron chi connectivity index (χ1n) is 17.6. The van der Waals surface area contributed by atoms with Crippen LogP contribution in [0.25, 0.3) is 11.1 Å². The molecule has 2 heterocycles. The Labute approximate surface area is 290 Å². The maximum Gasteiger partial charge on any atom is 0.264 e. The van der Waals surface area contributed by atoms with Crippen molar-refractivity contribution in [2.75, 3.05) is 57.7 Å². The van der Waals surface area contributed by atoms with Gasteiger partial charge in [-0.15, -0.1) is 0 Å². The van der Waals surface area contributed by atoms with Gasteiger partial charge in [0.2, 0.25) is 10.0 Å². The number of amides is 1. The molecule has 4 bridgehead atoms. The molecule has 3 aromatic rings. The zero-order valence-corrected chi connectivity index (χ0v) is 29.6. The summed E-state index contributed by atoms with van der Waals surface area (Å²) in [6.07, 6.45) is 10.3. The summed E-state index contributed by atoms with van der Waals surface area (Å²) in [5, 5.41) is 0. The monoisotopic (exact) mass is 688 g/mol. The van der Waals surface area contributed by atoms with Gasteiger partial charge in [-0.25, -0.2) is 13.1 Å². The number of nitrogens with zero attached hydrogens (tertiary/aromatic N) is 3. The summed E-state index contributed by atoms with van der Waals surface area (Å²) < 4.78 is 46.1. The van der Waals surface area contributed by atoms with E-state index in [9.17, 15) is 13.2 Å². The third-order valence-electron chi connectivity index (χ3n) is 11.1. The van der Waals surface area contributed by atoms with Gasteiger partial charge in [0.05, 0.1) is 38.3 Å². The Hall–Kier alpha value is -3.83. The van der Waals surface area contributed by atoms with E-state index in [2.05, 4.69) is 19.5 Å². The Kier molecular flexibility index (Phi) is 9.49. The van der Waals surface area contributed by atoms with Crippen molar-refractivity contribution in [2.45, 2.75) is 52.0 Å². The summed E-state index contributed by atoms with van der Waals surface area (Å²) in [6, 6.07) is 13.3. The molecule has 8 rings (SSSR count). The largest absolute Gasteiger partial charge is 0.496 e. The minimum absolute atomic E-state index is 0.0688. The van der Waals surface area contributed by atoms with Crippen LogP contribution >= 0.6 is 0 Å². The molecule has 0 spiro atoms. The quantitative estimate of drug-likeness (QED) is 0.254. The molecule has 10 nitrogen and oxygen atoms in total. The van der Waals surface area contributed by atoms with Crippen LogP contribution in [0, 0.1) is 23.2 Å². The van der Waals surface area contributed by atoms with Crippen molar-refractivity contribution < 1.29 is 27.4 Å². The van der Waals surface area contributed by atoms with Crippen LogP contribution in [0.15, 0.2) is 54.9 Å². The van der Waals surface area contributed by atoms with Crippen molar-refractivity contribution in [1.82, 2.24) is 14.6 Å². The number of methoxy groups -OCH3 is 2. The van der Waals surface area contributed by atoms with Gasteiger partial charge in [-0.05, 0) is 117 Å². The topological polar surface area (TPSA) is 110 Å². The molecule has 0 radical (unpaired) electrons. The minimum Gasteiger partial charge on any atom is -0.496 e. The highest BCUT2D eigenvalue weighted by Gasteiger charge is 2.52. The van der Waals surface area contributed by atoms with Gasteiger partial charge in [-0.1, -0.05) is 0 Å². The van der Waals surface area contributed by atoms with Crippen molar-refractivity contribution in [3.05, 3.63) is 66.0 Å². The first kappa shape index (κ1) is 33.7. The summed E-state index contributed by atoms with van der Waals surface area (Å²) in [7, 11) is -0.370. The Morgan fingerprint density at radius 2 is 1.49 bits per heavy atom. The Morgan fingerprint density at radius 1 is 0.878 bits per heavy atom. The van der Waals surface area contributed by atoms with Crippen LogP contribution < -0.4 is 23.8 Å². The maximum absolute atomic E-state index is 13.2. The average molecular weight is 689 g/mol. The Bertz CT molecular complexity index is 1710. The third-order valence-corrected chi connectivity index (χ3v) is 12.6. The lowest BCUT2D eigenvalue weighted by molar-refractivity contribution is -0.0391. The predicted molar refractivity (Wildman–Crippen MR) is 190 cm³/mol. The van der Waals surface area contributed by atoms with E-state index in [0.717, 1.165) is 79.3 Å². The molecule has 0 atom stereocenters. The lowest BCUT2D eigenvalue weighted by Crippen LogP contribution is -2.51. The summed E-state index contributed by atoms with van der Waals surface area (Å²) in [6.45, 7) is 6.48. The normalized spacial score (nSPS) is 24.9. The summed E-state index contributed by atoms with van der Waals surface area (Å²) in [5.41, 5.74) is 4.07. The van der Waals surface area contributed by atoms with Gasteiger partial charge in [-0.2, -0.15) is 0 Å². The summed E-state index contributed by atoms with van der Waals surface area (Å²) in [5.74, 6) is 3.74. The highest BCUT2D eigenvalue weighted by Crippen LogP contribution is 2.60. The summed E-state index contributed by atoms with van der Waals surface area (Å²) >= 11 is 0. The van der Waals surface area contributed by atoms with Crippen molar-refractivity contribution in [3.8, 4) is 28.4 Å². The standard InChI is InChI=1S/C38H48N4O6S/c1-4-48-33-16-31(22-39-23-33)30-17-35(46-2)34(36(18-30)47-3)24-41-9-11-42(12-10-41)32-7-5-29(6-8-32)37(43)40-49(44,45)25-38-19-26-13-27(20-38)15-28(14-26)21-38/h5-8,16-18,22-23,26-28H,4,9-15,19-21,24-25H2,1-3H3,(H,40,43). The van der Waals surface area contributed by atoms with Gasteiger partial charge in [0.25, 0.3) is 5.91 Å². The molecular weight excluding hydrogens is 641 g/mol. The number of sulfonamides is 1. The van der Waals surface area contributed by atoms with Crippen molar-refractivity contribution in [3.63, 3.8) is 0 Å². The van der Waals surface area contributed by atoms with Crippen molar-refractivity contribution in [1.29, 1.82) is 0 Å². The number of anilines is 1. The molecule has 5 fully saturated rings. The molecule has 4 saturated carbocycles. The number of carbonyl (C=O) groups excluding carboxylic acids is 1. The fourth-order valence-corrected chi connectivity index (χ4v) is 11.1. The molecule has 0 unspecified atom stereocenters. The van der Waals surface area contributed by atoms with Crippen molar-refractivity contribution in [2.24, 2.45) is 23.2 Å². The number of hydrogen-bond donors (Lipinski definition) is 1. The number of pyridine rings is 1. The van der Waals surface area contributed by atoms with Gasteiger partial charge in [0, 0.05) is 55.7 Å². The molecule has 2 aromatic carbocycles. The molecule has 1 aliphatic heterocycles. The first-order valence-corrected chi connectivity index (χ1v) is 19.3. The highest BCUT2D eigenvalue weighted by molar-refractivity contribution is 7.90. The van der Waals surface area contributed by atoms with Gasteiger partial charge in [-0.3, -0.25) is 14.7 Å². The number of nitrogens with one attached hydrogen (secondary N) is 1. The molecule has 262 valence electrons. The van der Waals surface area contributed by atoms with Gasteiger partial charge >= 0.3 is 0 Å². The van der Waals surface area contributed by atoms with E-state index in [4.69, 9.17) is 14.2 Å². The lowest BCUT2D eigenvalue weighted by atomic mass is 9.50. The molecule has 4 aliphatic carbocycles. The smallest absolute Gasteiger partial charge is 0.264 e. The van der Waals surface area contributed by atoms with Crippen LogP contribution in [0.2, 0.25) is 0 Å². The number of rotatable bonds is 12. The third kappa shape index (κ3) is 7.38. The zero-order valence-electron chi connectivity index (χ0n) is 28.8. The van der Waals surface area contributed by atoms with Crippen molar-refractivity contribution >= 4 is 21.6 Å². The number of benzene rings is 2. The second kappa shape index (κ2) is 13.8. The molecular formula is C38H48N4O6S. The molecule has 1 N–H and O–H groups in total. The van der Waals surface area contributed by atoms with Gasteiger partial charge in [0.1, 0.15) is 17.2 Å². The molecule has 5 aliphatic rings. The fourth-order valence-electron chi connectivity index (χ4n) is 9.45. The summed E-state index contributed by atoms with van der Waals surface area (Å²) in [4.78, 5) is 22.1. The van der Waals surface area contributed by atoms with E-state index in [1.54, 1.807) is 38.7 Å². The number of hydrogen-bond acceptors (Lipinski definition) is 9. The van der Waals surface area contributed by atoms with Crippen LogP contribution in [0.3, 0.4) is 0 Å². The highest BCUT2D eigenvalue weighted by atomic mass is 32.2.